The summed E-state index contributed by atoms with van der Waals surface area (Å²) in [5, 5.41) is 3.31. The van der Waals surface area contributed by atoms with Crippen LogP contribution in [-0.4, -0.2) is 36.7 Å². The zero-order valence-electron chi connectivity index (χ0n) is 10.5. The molecule has 0 spiro atoms. The summed E-state index contributed by atoms with van der Waals surface area (Å²) >= 11 is 0. The van der Waals surface area contributed by atoms with Crippen LogP contribution in [0.25, 0.3) is 0 Å². The molecule has 0 bridgehead atoms. The van der Waals surface area contributed by atoms with Crippen LogP contribution in [0.4, 0.5) is 0 Å². The third-order valence-corrected chi connectivity index (χ3v) is 2.68. The van der Waals surface area contributed by atoms with E-state index in [1.807, 2.05) is 7.05 Å². The molecule has 0 radical (unpaired) electrons. The fourth-order valence-corrected chi connectivity index (χ4v) is 1.84. The van der Waals surface area contributed by atoms with Gasteiger partial charge in [0.1, 0.15) is 5.60 Å². The first kappa shape index (κ1) is 12.4. The van der Waals surface area contributed by atoms with Crippen LogP contribution >= 0.6 is 0 Å². The quantitative estimate of drug-likeness (QED) is 0.724. The average Bonchev–Trinajstić information content (AvgIpc) is 2.15. The van der Waals surface area contributed by atoms with E-state index in [4.69, 9.17) is 4.74 Å². The molecule has 88 valence electrons. The summed E-state index contributed by atoms with van der Waals surface area (Å²) in [4.78, 5) is 2.24. The molecule has 0 aromatic rings. The minimum atomic E-state index is -0.142. The molecule has 1 rings (SSSR count). The minimum absolute atomic E-state index is 0.142. The van der Waals surface area contributed by atoms with Crippen molar-refractivity contribution in [2.75, 3.05) is 20.1 Å². The normalized spacial score (nSPS) is 19.1. The molecule has 1 aliphatic heterocycles. The molecule has 1 heterocycles. The molecular weight excluding hydrogens is 188 g/mol. The minimum Gasteiger partial charge on any atom is -0.474 e. The number of nitrogens with zero attached hydrogens (tertiary/aromatic N) is 1. The highest BCUT2D eigenvalue weighted by Gasteiger charge is 2.22. The zero-order chi connectivity index (χ0) is 11.5. The van der Waals surface area contributed by atoms with Gasteiger partial charge in [0.2, 0.25) is 0 Å². The smallest absolute Gasteiger partial charge is 0.182 e. The van der Waals surface area contributed by atoms with Crippen molar-refractivity contribution in [2.45, 2.75) is 45.3 Å². The summed E-state index contributed by atoms with van der Waals surface area (Å²) in [7, 11) is 2.03. The van der Waals surface area contributed by atoms with Crippen molar-refractivity contribution in [3.63, 3.8) is 0 Å². The number of hydrogen-bond donors (Lipinski definition) is 1. The van der Waals surface area contributed by atoms with Crippen molar-refractivity contribution in [1.82, 2.24) is 10.2 Å². The first-order chi connectivity index (χ1) is 6.92. The fraction of sp³-hybridized carbons (Fsp3) is 0.833. The van der Waals surface area contributed by atoms with Gasteiger partial charge < -0.3 is 15.0 Å². The van der Waals surface area contributed by atoms with E-state index >= 15 is 0 Å². The van der Waals surface area contributed by atoms with Gasteiger partial charge in [0, 0.05) is 19.1 Å². The van der Waals surface area contributed by atoms with Gasteiger partial charge in [-0.25, -0.2) is 0 Å². The van der Waals surface area contributed by atoms with E-state index in [2.05, 4.69) is 37.6 Å². The van der Waals surface area contributed by atoms with Crippen LogP contribution in [0.2, 0.25) is 0 Å². The van der Waals surface area contributed by atoms with Crippen LogP contribution in [0.15, 0.2) is 12.5 Å². The van der Waals surface area contributed by atoms with Crippen molar-refractivity contribution in [3.8, 4) is 0 Å². The van der Waals surface area contributed by atoms with Gasteiger partial charge in [-0.3, -0.25) is 0 Å². The molecule has 1 N–H and O–H groups in total. The molecule has 1 saturated heterocycles. The fourth-order valence-electron chi connectivity index (χ4n) is 1.84. The molecule has 0 amide bonds. The molecule has 1 fully saturated rings. The van der Waals surface area contributed by atoms with E-state index in [0.29, 0.717) is 6.04 Å². The van der Waals surface area contributed by atoms with Crippen LogP contribution in [0.1, 0.15) is 33.6 Å². The molecule has 3 nitrogen and oxygen atoms in total. The summed E-state index contributed by atoms with van der Waals surface area (Å²) in [6.45, 7) is 12.2. The number of nitrogens with one attached hydrogen (secondary N) is 1. The van der Waals surface area contributed by atoms with Crippen molar-refractivity contribution in [1.29, 1.82) is 0 Å². The zero-order valence-corrected chi connectivity index (χ0v) is 10.5. The topological polar surface area (TPSA) is 24.5 Å². The van der Waals surface area contributed by atoms with Crippen LogP contribution in [0.3, 0.4) is 0 Å². The summed E-state index contributed by atoms with van der Waals surface area (Å²) in [6, 6.07) is 0.656. The van der Waals surface area contributed by atoms with Crippen LogP contribution in [-0.2, 0) is 4.74 Å². The molecule has 0 aromatic carbocycles. The van der Waals surface area contributed by atoms with E-state index in [-0.39, 0.29) is 5.60 Å². The maximum Gasteiger partial charge on any atom is 0.182 e. The molecule has 3 heteroatoms. The summed E-state index contributed by atoms with van der Waals surface area (Å²) < 4.78 is 5.76. The van der Waals surface area contributed by atoms with E-state index < -0.39 is 0 Å². The van der Waals surface area contributed by atoms with Gasteiger partial charge in [0.15, 0.2) is 5.88 Å². The van der Waals surface area contributed by atoms with Gasteiger partial charge in [-0.1, -0.05) is 0 Å². The highest BCUT2D eigenvalue weighted by atomic mass is 16.5. The monoisotopic (exact) mass is 212 g/mol. The van der Waals surface area contributed by atoms with Crippen molar-refractivity contribution >= 4 is 0 Å². The number of rotatable bonds is 3. The lowest BCUT2D eigenvalue weighted by molar-refractivity contribution is -0.00348. The maximum absolute atomic E-state index is 5.76. The summed E-state index contributed by atoms with van der Waals surface area (Å²) in [6.07, 6.45) is 2.34. The first-order valence-corrected chi connectivity index (χ1v) is 5.72. The Kier molecular flexibility index (Phi) is 4.03. The Labute approximate surface area is 93.5 Å². The summed E-state index contributed by atoms with van der Waals surface area (Å²) in [5.74, 6) is 0.817. The average molecular weight is 212 g/mol. The number of ether oxygens (including phenoxy) is 1. The highest BCUT2D eigenvalue weighted by molar-refractivity contribution is 4.90. The Hall–Kier alpha value is -0.700. The van der Waals surface area contributed by atoms with Crippen molar-refractivity contribution < 1.29 is 4.74 Å². The third kappa shape index (κ3) is 4.12. The van der Waals surface area contributed by atoms with E-state index in [1.165, 1.54) is 12.8 Å². The van der Waals surface area contributed by atoms with Crippen LogP contribution in [0, 0.1) is 0 Å². The first-order valence-electron chi connectivity index (χ1n) is 5.72. The van der Waals surface area contributed by atoms with Gasteiger partial charge in [0.05, 0.1) is 0 Å². The van der Waals surface area contributed by atoms with E-state index in [1.54, 1.807) is 0 Å². The second-order valence-electron chi connectivity index (χ2n) is 5.16. The summed E-state index contributed by atoms with van der Waals surface area (Å²) in [5.41, 5.74) is -0.142. The molecule has 0 unspecified atom stereocenters. The van der Waals surface area contributed by atoms with Gasteiger partial charge >= 0.3 is 0 Å². The number of piperidine rings is 1. The molecule has 15 heavy (non-hydrogen) atoms. The van der Waals surface area contributed by atoms with E-state index in [0.717, 1.165) is 19.0 Å². The maximum atomic E-state index is 5.76. The standard InChI is InChI=1S/C12H24N2O/c1-10(15-12(2,3)4)14-8-6-11(13-5)7-9-14/h11,13H,1,6-9H2,2-5H3. The van der Waals surface area contributed by atoms with E-state index in [9.17, 15) is 0 Å². The molecule has 0 saturated carbocycles. The molecule has 0 aromatic heterocycles. The van der Waals surface area contributed by atoms with Gasteiger partial charge in [-0.05, 0) is 47.2 Å². The lowest BCUT2D eigenvalue weighted by Crippen LogP contribution is -2.41. The largest absolute Gasteiger partial charge is 0.474 e. The van der Waals surface area contributed by atoms with Crippen molar-refractivity contribution in [3.05, 3.63) is 12.5 Å². The number of likely N-dealkylation sites (tertiary alicyclic amines) is 1. The predicted octanol–water partition coefficient (Wildman–Crippen LogP) is 1.96. The lowest BCUT2D eigenvalue weighted by atomic mass is 10.1. The Morgan fingerprint density at radius 1 is 1.33 bits per heavy atom. The molecular formula is C12H24N2O. The van der Waals surface area contributed by atoms with Crippen molar-refractivity contribution in [2.24, 2.45) is 0 Å². The third-order valence-electron chi connectivity index (χ3n) is 2.68. The Morgan fingerprint density at radius 3 is 2.27 bits per heavy atom. The van der Waals surface area contributed by atoms with Gasteiger partial charge in [-0.15, -0.1) is 0 Å². The Balaban J connectivity index is 2.37. The Bertz CT molecular complexity index is 212. The Morgan fingerprint density at radius 2 is 1.87 bits per heavy atom. The second kappa shape index (κ2) is 4.88. The number of hydrogen-bond acceptors (Lipinski definition) is 3. The van der Waals surface area contributed by atoms with Crippen LogP contribution in [0.5, 0.6) is 0 Å². The molecule has 1 aliphatic rings. The molecule has 0 aliphatic carbocycles. The van der Waals surface area contributed by atoms with Gasteiger partial charge in [0.25, 0.3) is 0 Å². The highest BCUT2D eigenvalue weighted by Crippen LogP contribution is 2.19. The predicted molar refractivity (Wildman–Crippen MR) is 63.6 cm³/mol. The lowest BCUT2D eigenvalue weighted by Gasteiger charge is -2.36. The molecule has 0 atom stereocenters. The van der Waals surface area contributed by atoms with Gasteiger partial charge in [-0.2, -0.15) is 0 Å². The second-order valence-corrected chi connectivity index (χ2v) is 5.16. The van der Waals surface area contributed by atoms with Crippen LogP contribution < -0.4 is 5.32 Å². The SMILES string of the molecule is C=C(OC(C)(C)C)N1CCC(NC)CC1.